The van der Waals surface area contributed by atoms with Crippen LogP contribution in [0.1, 0.15) is 57.8 Å². The zero-order valence-corrected chi connectivity index (χ0v) is 20.3. The third-order valence-electron chi connectivity index (χ3n) is 8.30. The smallest absolute Gasteiger partial charge is 0.410 e. The Morgan fingerprint density at radius 2 is 1.67 bits per heavy atom. The maximum absolute atomic E-state index is 13.9. The number of carbonyl (C=O) groups excluding carboxylic acids is 1. The number of sulfonamides is 1. The highest BCUT2D eigenvalue weighted by atomic mass is 35.5. The molecule has 0 radical (unpaired) electrons. The molecule has 1 amide bonds. The van der Waals surface area contributed by atoms with E-state index in [-0.39, 0.29) is 35.7 Å². The van der Waals surface area contributed by atoms with Gasteiger partial charge in [0.25, 0.3) is 0 Å². The molecule has 3 heterocycles. The van der Waals surface area contributed by atoms with E-state index in [4.69, 9.17) is 21.1 Å². The van der Waals surface area contributed by atoms with Crippen molar-refractivity contribution in [2.24, 2.45) is 5.92 Å². The van der Waals surface area contributed by atoms with Crippen LogP contribution < -0.4 is 0 Å². The van der Waals surface area contributed by atoms with Crippen LogP contribution in [0.3, 0.4) is 0 Å². The lowest BCUT2D eigenvalue weighted by Crippen LogP contribution is -2.62. The first-order valence-electron chi connectivity index (χ1n) is 12.3. The number of hydrogen-bond acceptors (Lipinski definition) is 5. The minimum atomic E-state index is -3.81. The molecule has 4 atom stereocenters. The highest BCUT2D eigenvalue weighted by Gasteiger charge is 2.62. The van der Waals surface area contributed by atoms with E-state index in [1.807, 2.05) is 4.90 Å². The molecule has 3 saturated heterocycles. The third kappa shape index (κ3) is 3.87. The zero-order valence-electron chi connectivity index (χ0n) is 18.7. The van der Waals surface area contributed by atoms with Crippen LogP contribution >= 0.6 is 11.6 Å². The van der Waals surface area contributed by atoms with Crippen molar-refractivity contribution < 1.29 is 22.7 Å². The van der Waals surface area contributed by atoms with Gasteiger partial charge in [-0.25, -0.2) is 13.2 Å². The summed E-state index contributed by atoms with van der Waals surface area (Å²) in [5.74, 6) is 0.291. The molecule has 5 fully saturated rings. The van der Waals surface area contributed by atoms with Gasteiger partial charge in [0, 0.05) is 17.1 Å². The topological polar surface area (TPSA) is 76.1 Å². The second-order valence-corrected chi connectivity index (χ2v) is 12.7. The van der Waals surface area contributed by atoms with Crippen LogP contribution in [-0.2, 0) is 19.5 Å². The number of amides is 1. The fourth-order valence-electron chi connectivity index (χ4n) is 6.23. The molecule has 3 aliphatic heterocycles. The number of carbonyl (C=O) groups is 1. The van der Waals surface area contributed by atoms with Crippen LogP contribution in [-0.4, -0.2) is 66.7 Å². The summed E-state index contributed by atoms with van der Waals surface area (Å²) in [6.07, 6.45) is 8.38. The van der Waals surface area contributed by atoms with E-state index >= 15 is 0 Å². The van der Waals surface area contributed by atoms with Crippen molar-refractivity contribution in [3.05, 3.63) is 29.3 Å². The summed E-state index contributed by atoms with van der Waals surface area (Å²) in [7, 11) is -3.81. The predicted molar refractivity (Wildman–Crippen MR) is 123 cm³/mol. The molecular weight excluding hydrogens is 464 g/mol. The van der Waals surface area contributed by atoms with Gasteiger partial charge in [-0.2, -0.15) is 4.31 Å². The SMILES string of the molecule is O=C(OC1([C@H]2COC[C@@H](C3CC3)N2S(=O)(=O)c2ccc(Cl)cc2)CC1)N1C2CCCC1CC2. The molecule has 2 saturated carbocycles. The van der Waals surface area contributed by atoms with E-state index in [1.165, 1.54) is 0 Å². The highest BCUT2D eigenvalue weighted by molar-refractivity contribution is 7.89. The number of rotatable bonds is 5. The van der Waals surface area contributed by atoms with Crippen molar-refractivity contribution in [3.8, 4) is 0 Å². The van der Waals surface area contributed by atoms with Crippen LogP contribution in [0.5, 0.6) is 0 Å². The van der Waals surface area contributed by atoms with Gasteiger partial charge in [-0.1, -0.05) is 11.6 Å². The van der Waals surface area contributed by atoms with Crippen molar-refractivity contribution in [1.29, 1.82) is 0 Å². The van der Waals surface area contributed by atoms with Gasteiger partial charge in [0.05, 0.1) is 30.2 Å². The van der Waals surface area contributed by atoms with Gasteiger partial charge in [0.15, 0.2) is 0 Å². The maximum Gasteiger partial charge on any atom is 0.410 e. The van der Waals surface area contributed by atoms with Crippen LogP contribution in [0, 0.1) is 5.92 Å². The molecule has 0 N–H and O–H groups in total. The first-order valence-corrected chi connectivity index (χ1v) is 14.1. The van der Waals surface area contributed by atoms with Gasteiger partial charge >= 0.3 is 6.09 Å². The fraction of sp³-hybridized carbons (Fsp3) is 0.708. The van der Waals surface area contributed by atoms with Crippen LogP contribution in [0.4, 0.5) is 4.79 Å². The van der Waals surface area contributed by atoms with E-state index in [0.717, 1.165) is 44.9 Å². The number of ether oxygens (including phenoxy) is 2. The van der Waals surface area contributed by atoms with Crippen LogP contribution in [0.2, 0.25) is 5.02 Å². The molecule has 2 unspecified atom stereocenters. The fourth-order valence-corrected chi connectivity index (χ4v) is 8.26. The van der Waals surface area contributed by atoms with Gasteiger partial charge < -0.3 is 14.4 Å². The van der Waals surface area contributed by atoms with E-state index in [0.29, 0.717) is 30.4 Å². The third-order valence-corrected chi connectivity index (χ3v) is 10.5. The van der Waals surface area contributed by atoms with Crippen molar-refractivity contribution >= 4 is 27.7 Å². The number of benzene rings is 1. The average molecular weight is 495 g/mol. The summed E-state index contributed by atoms with van der Waals surface area (Å²) in [5.41, 5.74) is -0.805. The molecule has 180 valence electrons. The monoisotopic (exact) mass is 494 g/mol. The maximum atomic E-state index is 13.9. The molecule has 1 aromatic rings. The van der Waals surface area contributed by atoms with Gasteiger partial charge in [-0.15, -0.1) is 0 Å². The quantitative estimate of drug-likeness (QED) is 0.613. The van der Waals surface area contributed by atoms with Gasteiger partial charge in [-0.3, -0.25) is 0 Å². The normalized spacial score (nSPS) is 33.7. The lowest BCUT2D eigenvalue weighted by atomic mass is 10.0. The summed E-state index contributed by atoms with van der Waals surface area (Å²) in [4.78, 5) is 15.5. The molecule has 7 nitrogen and oxygen atoms in total. The first kappa shape index (κ1) is 22.1. The molecule has 33 heavy (non-hydrogen) atoms. The summed E-state index contributed by atoms with van der Waals surface area (Å²) < 4.78 is 41.6. The zero-order chi connectivity index (χ0) is 22.8. The number of halogens is 1. The number of piperidine rings is 1. The average Bonchev–Trinajstić information content (AvgIpc) is 3.72. The Kier molecular flexibility index (Phi) is 5.44. The number of fused-ring (bicyclic) bond motifs is 2. The Balaban J connectivity index is 1.30. The Hall–Kier alpha value is -1.35. The van der Waals surface area contributed by atoms with Crippen molar-refractivity contribution in [1.82, 2.24) is 9.21 Å². The second kappa shape index (κ2) is 8.11. The molecule has 2 bridgehead atoms. The second-order valence-electron chi connectivity index (χ2n) is 10.4. The summed E-state index contributed by atoms with van der Waals surface area (Å²) in [6.45, 7) is 0.629. The lowest BCUT2D eigenvalue weighted by molar-refractivity contribution is -0.0781. The van der Waals surface area contributed by atoms with E-state index in [2.05, 4.69) is 0 Å². The molecule has 0 spiro atoms. The molecule has 6 rings (SSSR count). The van der Waals surface area contributed by atoms with Crippen molar-refractivity contribution in [2.75, 3.05) is 13.2 Å². The summed E-state index contributed by atoms with van der Waals surface area (Å²) in [6, 6.07) is 6.13. The summed E-state index contributed by atoms with van der Waals surface area (Å²) in [5, 5.41) is 0.495. The Bertz CT molecular complexity index is 1010. The molecule has 0 aromatic heterocycles. The van der Waals surface area contributed by atoms with E-state index in [9.17, 15) is 13.2 Å². The predicted octanol–water partition coefficient (Wildman–Crippen LogP) is 4.19. The first-order chi connectivity index (χ1) is 15.9. The molecule has 1 aromatic carbocycles. The van der Waals surface area contributed by atoms with Crippen molar-refractivity contribution in [2.45, 2.75) is 92.5 Å². The van der Waals surface area contributed by atoms with Crippen LogP contribution in [0.15, 0.2) is 29.2 Å². The largest absolute Gasteiger partial charge is 0.441 e. The van der Waals surface area contributed by atoms with E-state index in [1.54, 1.807) is 28.6 Å². The Labute approximate surface area is 200 Å². The number of nitrogens with zero attached hydrogens (tertiary/aromatic N) is 2. The van der Waals surface area contributed by atoms with Gasteiger partial charge in [0.2, 0.25) is 10.0 Å². The molecule has 9 heteroatoms. The Morgan fingerprint density at radius 3 is 2.27 bits per heavy atom. The lowest BCUT2D eigenvalue weighted by Gasteiger charge is -2.45. The van der Waals surface area contributed by atoms with Crippen LogP contribution in [0.25, 0.3) is 0 Å². The Morgan fingerprint density at radius 1 is 1.00 bits per heavy atom. The standard InChI is InChI=1S/C24H31ClN2O5S/c25-17-6-10-20(11-7-17)33(29,30)27-21(16-4-5-16)14-31-15-22(27)24(12-13-24)32-23(28)26-18-2-1-3-19(26)9-8-18/h6-7,10-11,16,18-19,21-22H,1-5,8-9,12-15H2/t18?,19?,21-,22+/m0/s1. The number of hydrogen-bond donors (Lipinski definition) is 0. The minimum absolute atomic E-state index is 0.223. The molecule has 5 aliphatic rings. The highest BCUT2D eigenvalue weighted by Crippen LogP contribution is 2.51. The molecule has 2 aliphatic carbocycles. The van der Waals surface area contributed by atoms with E-state index < -0.39 is 21.7 Å². The molecular formula is C24H31ClN2O5S. The minimum Gasteiger partial charge on any atom is -0.441 e. The van der Waals surface area contributed by atoms with Gasteiger partial charge in [-0.05, 0) is 88.0 Å². The van der Waals surface area contributed by atoms with Gasteiger partial charge in [0.1, 0.15) is 5.60 Å². The van der Waals surface area contributed by atoms with Crippen molar-refractivity contribution in [3.63, 3.8) is 0 Å². The summed E-state index contributed by atoms with van der Waals surface area (Å²) >= 11 is 6.02. The number of morpholine rings is 1.